The first-order valence-electron chi connectivity index (χ1n) is 13.9. The average molecular weight is 645 g/mol. The summed E-state index contributed by atoms with van der Waals surface area (Å²) in [6, 6.07) is 23.0. The standard InChI is InChI=1S/C32H32N6O5S2/c1-20-19-21(2)34-31(33-20)38-45(40,41)27-15-9-24(10-16-27)35-28(39)17-18-44-32-36-29(22-5-11-25(42-3)12-6-22)30(37-32)23-7-13-26(43-4)14-8-23/h5-16,19H,17-18H2,1-4H3,(H,35,39)(H,36,37)(H,33,34,38). The van der Waals surface area contributed by atoms with Crippen LogP contribution in [0.3, 0.4) is 0 Å². The predicted molar refractivity (Wildman–Crippen MR) is 175 cm³/mol. The zero-order valence-electron chi connectivity index (χ0n) is 25.1. The van der Waals surface area contributed by atoms with Gasteiger partial charge in [0.15, 0.2) is 5.16 Å². The number of aromatic amines is 1. The maximum atomic E-state index is 12.8. The number of thioether (sulfide) groups is 1. The Morgan fingerprint density at radius 3 is 1.98 bits per heavy atom. The predicted octanol–water partition coefficient (Wildman–Crippen LogP) is 6.09. The molecule has 0 saturated carbocycles. The number of anilines is 2. The molecule has 0 aliphatic carbocycles. The number of carbonyl (C=O) groups is 1. The number of rotatable bonds is 12. The van der Waals surface area contributed by atoms with Crippen molar-refractivity contribution in [3.05, 3.63) is 90.3 Å². The number of carbonyl (C=O) groups excluding carboxylic acids is 1. The van der Waals surface area contributed by atoms with E-state index in [1.807, 2.05) is 48.5 Å². The number of sulfonamides is 1. The lowest BCUT2D eigenvalue weighted by atomic mass is 10.0. The lowest BCUT2D eigenvalue weighted by molar-refractivity contribution is -0.115. The molecule has 0 fully saturated rings. The van der Waals surface area contributed by atoms with E-state index in [-0.39, 0.29) is 23.2 Å². The van der Waals surface area contributed by atoms with Crippen molar-refractivity contribution in [2.75, 3.05) is 30.0 Å². The Labute approximate surface area is 265 Å². The summed E-state index contributed by atoms with van der Waals surface area (Å²) in [6.45, 7) is 3.52. The second-order valence-electron chi connectivity index (χ2n) is 9.97. The summed E-state index contributed by atoms with van der Waals surface area (Å²) in [6.07, 6.45) is 0.215. The highest BCUT2D eigenvalue weighted by atomic mass is 32.2. The van der Waals surface area contributed by atoms with Gasteiger partial charge in [-0.2, -0.15) is 0 Å². The van der Waals surface area contributed by atoms with Gasteiger partial charge in [0, 0.05) is 40.4 Å². The van der Waals surface area contributed by atoms with Crippen LogP contribution in [0.15, 0.2) is 88.9 Å². The summed E-state index contributed by atoms with van der Waals surface area (Å²) >= 11 is 1.43. The van der Waals surface area contributed by atoms with E-state index in [0.717, 1.165) is 34.0 Å². The number of imidazole rings is 1. The summed E-state index contributed by atoms with van der Waals surface area (Å²) in [4.78, 5) is 29.2. The van der Waals surface area contributed by atoms with Crippen LogP contribution in [0, 0.1) is 13.8 Å². The summed E-state index contributed by atoms with van der Waals surface area (Å²) in [5.41, 5.74) is 5.28. The Kier molecular flexibility index (Phi) is 9.69. The van der Waals surface area contributed by atoms with Gasteiger partial charge in [-0.3, -0.25) is 4.79 Å². The largest absolute Gasteiger partial charge is 0.497 e. The molecule has 1 amide bonds. The number of aromatic nitrogens is 4. The molecule has 232 valence electrons. The van der Waals surface area contributed by atoms with Gasteiger partial charge in [0.05, 0.1) is 30.5 Å². The van der Waals surface area contributed by atoms with Crippen LogP contribution in [-0.2, 0) is 14.8 Å². The SMILES string of the molecule is COc1ccc(-c2nc(SCCC(=O)Nc3ccc(S(=O)(=O)Nc4nc(C)cc(C)n4)cc3)[nH]c2-c2ccc(OC)cc2)cc1. The Morgan fingerprint density at radius 2 is 1.40 bits per heavy atom. The second kappa shape index (κ2) is 13.8. The van der Waals surface area contributed by atoms with Crippen LogP contribution in [0.5, 0.6) is 11.5 Å². The molecular weight excluding hydrogens is 613 g/mol. The molecule has 0 saturated heterocycles. The summed E-state index contributed by atoms with van der Waals surface area (Å²) in [5, 5.41) is 3.49. The van der Waals surface area contributed by atoms with E-state index in [0.29, 0.717) is 28.0 Å². The number of amides is 1. The third-order valence-electron chi connectivity index (χ3n) is 6.65. The fraction of sp³-hybridized carbons (Fsp3) is 0.188. The maximum absolute atomic E-state index is 12.8. The molecule has 0 aliphatic rings. The van der Waals surface area contributed by atoms with Gasteiger partial charge in [0.1, 0.15) is 11.5 Å². The van der Waals surface area contributed by atoms with Gasteiger partial charge >= 0.3 is 0 Å². The molecule has 0 unspecified atom stereocenters. The molecule has 0 bridgehead atoms. The molecule has 5 rings (SSSR count). The summed E-state index contributed by atoms with van der Waals surface area (Å²) in [5.74, 6) is 1.77. The Morgan fingerprint density at radius 1 is 0.822 bits per heavy atom. The monoisotopic (exact) mass is 644 g/mol. The molecule has 3 aromatic carbocycles. The van der Waals surface area contributed by atoms with Crippen LogP contribution in [0.2, 0.25) is 0 Å². The molecule has 2 heterocycles. The van der Waals surface area contributed by atoms with Crippen molar-refractivity contribution in [2.45, 2.75) is 30.3 Å². The fourth-order valence-corrected chi connectivity index (χ4v) is 6.23. The van der Waals surface area contributed by atoms with Crippen molar-refractivity contribution >= 4 is 39.3 Å². The van der Waals surface area contributed by atoms with Gasteiger partial charge in [0.2, 0.25) is 11.9 Å². The number of aryl methyl sites for hydroxylation is 2. The smallest absolute Gasteiger partial charge is 0.264 e. The van der Waals surface area contributed by atoms with Crippen LogP contribution < -0.4 is 19.5 Å². The van der Waals surface area contributed by atoms with Gasteiger partial charge in [-0.1, -0.05) is 11.8 Å². The van der Waals surface area contributed by atoms with Crippen molar-refractivity contribution in [1.82, 2.24) is 19.9 Å². The summed E-state index contributed by atoms with van der Waals surface area (Å²) < 4.78 is 38.6. The average Bonchev–Trinajstić information content (AvgIpc) is 3.45. The number of hydrogen-bond donors (Lipinski definition) is 3. The third kappa shape index (κ3) is 7.99. The number of ether oxygens (including phenoxy) is 2. The normalized spacial score (nSPS) is 11.2. The molecule has 2 aromatic heterocycles. The highest BCUT2D eigenvalue weighted by Crippen LogP contribution is 2.34. The minimum absolute atomic E-state index is 0.00572. The highest BCUT2D eigenvalue weighted by molar-refractivity contribution is 7.99. The quantitative estimate of drug-likeness (QED) is 0.137. The Bertz CT molecular complexity index is 1810. The first kappa shape index (κ1) is 31.5. The molecule has 11 nitrogen and oxygen atoms in total. The van der Waals surface area contributed by atoms with E-state index in [2.05, 4.69) is 25.0 Å². The van der Waals surface area contributed by atoms with Crippen molar-refractivity contribution < 1.29 is 22.7 Å². The molecule has 0 spiro atoms. The van der Waals surface area contributed by atoms with E-state index < -0.39 is 10.0 Å². The van der Waals surface area contributed by atoms with E-state index in [1.54, 1.807) is 34.1 Å². The molecule has 0 atom stereocenters. The van der Waals surface area contributed by atoms with Gasteiger partial charge in [-0.05, 0) is 92.7 Å². The van der Waals surface area contributed by atoms with E-state index in [4.69, 9.17) is 14.5 Å². The number of hydrogen-bond acceptors (Lipinski definition) is 9. The number of benzene rings is 3. The van der Waals surface area contributed by atoms with E-state index in [9.17, 15) is 13.2 Å². The van der Waals surface area contributed by atoms with Crippen molar-refractivity contribution in [2.24, 2.45) is 0 Å². The van der Waals surface area contributed by atoms with Crippen molar-refractivity contribution in [3.63, 3.8) is 0 Å². The fourth-order valence-electron chi connectivity index (χ4n) is 4.48. The number of nitrogens with zero attached hydrogens (tertiary/aromatic N) is 3. The first-order chi connectivity index (χ1) is 21.6. The number of methoxy groups -OCH3 is 2. The molecule has 13 heteroatoms. The summed E-state index contributed by atoms with van der Waals surface area (Å²) in [7, 11) is -0.651. The van der Waals surface area contributed by atoms with Gasteiger partial charge < -0.3 is 19.8 Å². The third-order valence-corrected chi connectivity index (χ3v) is 8.87. The minimum atomic E-state index is -3.90. The second-order valence-corrected chi connectivity index (χ2v) is 12.7. The van der Waals surface area contributed by atoms with Crippen molar-refractivity contribution in [1.29, 1.82) is 0 Å². The first-order valence-corrected chi connectivity index (χ1v) is 16.4. The highest BCUT2D eigenvalue weighted by Gasteiger charge is 2.18. The lowest BCUT2D eigenvalue weighted by Crippen LogP contribution is -2.16. The zero-order chi connectivity index (χ0) is 32.0. The van der Waals surface area contributed by atoms with Gasteiger partial charge in [-0.15, -0.1) is 0 Å². The maximum Gasteiger partial charge on any atom is 0.264 e. The Balaban J connectivity index is 1.21. The molecule has 45 heavy (non-hydrogen) atoms. The van der Waals surface area contributed by atoms with Gasteiger partial charge in [-0.25, -0.2) is 28.1 Å². The lowest BCUT2D eigenvalue weighted by Gasteiger charge is -2.09. The molecule has 5 aromatic rings. The van der Waals surface area contributed by atoms with Crippen LogP contribution in [0.4, 0.5) is 11.6 Å². The van der Waals surface area contributed by atoms with E-state index >= 15 is 0 Å². The molecular formula is C32H32N6O5S2. The van der Waals surface area contributed by atoms with Crippen molar-refractivity contribution in [3.8, 4) is 34.0 Å². The number of nitrogens with one attached hydrogen (secondary N) is 3. The van der Waals surface area contributed by atoms with Crippen LogP contribution in [0.1, 0.15) is 17.8 Å². The van der Waals surface area contributed by atoms with Gasteiger partial charge in [0.25, 0.3) is 10.0 Å². The van der Waals surface area contributed by atoms with Crippen LogP contribution in [-0.4, -0.2) is 54.2 Å². The minimum Gasteiger partial charge on any atom is -0.497 e. The van der Waals surface area contributed by atoms with Crippen LogP contribution in [0.25, 0.3) is 22.5 Å². The number of H-pyrrole nitrogens is 1. The van der Waals surface area contributed by atoms with E-state index in [1.165, 1.54) is 36.0 Å². The molecule has 3 N–H and O–H groups in total. The topological polar surface area (TPSA) is 148 Å². The molecule has 0 radical (unpaired) electrons. The molecule has 0 aliphatic heterocycles. The Hall–Kier alpha value is -4.88. The zero-order valence-corrected chi connectivity index (χ0v) is 26.8. The van der Waals surface area contributed by atoms with Crippen LogP contribution >= 0.6 is 11.8 Å².